The van der Waals surface area contributed by atoms with Crippen molar-refractivity contribution in [2.45, 2.75) is 32.9 Å². The van der Waals surface area contributed by atoms with Gasteiger partial charge in [-0.25, -0.2) is 4.39 Å². The van der Waals surface area contributed by atoms with E-state index in [0.717, 1.165) is 18.2 Å². The van der Waals surface area contributed by atoms with E-state index in [0.29, 0.717) is 31.5 Å². The smallest absolute Gasteiger partial charge is 0.223 e. The van der Waals surface area contributed by atoms with Crippen LogP contribution in [0.15, 0.2) is 24.3 Å². The third-order valence-corrected chi connectivity index (χ3v) is 3.86. The minimum absolute atomic E-state index is 0.0326. The predicted octanol–water partition coefficient (Wildman–Crippen LogP) is 1.70. The van der Waals surface area contributed by atoms with Crippen molar-refractivity contribution in [3.05, 3.63) is 47.3 Å². The number of benzene rings is 1. The first-order valence-corrected chi connectivity index (χ1v) is 7.05. The molecule has 1 amide bonds. The second-order valence-electron chi connectivity index (χ2n) is 5.22. The van der Waals surface area contributed by atoms with E-state index in [1.54, 1.807) is 23.1 Å². The Labute approximate surface area is 122 Å². The Morgan fingerprint density at radius 3 is 2.90 bits per heavy atom. The van der Waals surface area contributed by atoms with Crippen LogP contribution in [-0.4, -0.2) is 32.1 Å². The van der Waals surface area contributed by atoms with Crippen molar-refractivity contribution in [3.8, 4) is 0 Å². The van der Waals surface area contributed by atoms with Gasteiger partial charge in [-0.15, -0.1) is 10.2 Å². The highest BCUT2D eigenvalue weighted by atomic mass is 19.1. The molecule has 0 bridgehead atoms. The van der Waals surface area contributed by atoms with Crippen LogP contribution in [0.25, 0.3) is 0 Å². The molecule has 0 saturated carbocycles. The van der Waals surface area contributed by atoms with Crippen molar-refractivity contribution in [1.29, 1.82) is 0 Å². The van der Waals surface area contributed by atoms with Crippen LogP contribution in [0.1, 0.15) is 23.6 Å². The molecule has 2 aromatic rings. The molecule has 0 N–H and O–H groups in total. The molecule has 0 radical (unpaired) electrons. The summed E-state index contributed by atoms with van der Waals surface area (Å²) < 4.78 is 15.6. The normalized spacial score (nSPS) is 14.1. The molecular weight excluding hydrogens is 271 g/mol. The number of halogens is 1. The first-order valence-electron chi connectivity index (χ1n) is 7.05. The SMILES string of the molecule is Cc1nnc2n1CCN(C(=O)CCc1ccccc1F)C2. The quantitative estimate of drug-likeness (QED) is 0.864. The molecule has 2 heterocycles. The first-order chi connectivity index (χ1) is 10.1. The van der Waals surface area contributed by atoms with Gasteiger partial charge in [0.15, 0.2) is 5.82 Å². The number of hydrogen-bond acceptors (Lipinski definition) is 3. The van der Waals surface area contributed by atoms with E-state index in [2.05, 4.69) is 10.2 Å². The number of nitrogens with zero attached hydrogens (tertiary/aromatic N) is 4. The zero-order chi connectivity index (χ0) is 14.8. The Kier molecular flexibility index (Phi) is 3.68. The maximum Gasteiger partial charge on any atom is 0.223 e. The van der Waals surface area contributed by atoms with Gasteiger partial charge >= 0.3 is 0 Å². The molecule has 0 atom stereocenters. The highest BCUT2D eigenvalue weighted by Gasteiger charge is 2.23. The van der Waals surface area contributed by atoms with Gasteiger partial charge in [-0.2, -0.15) is 0 Å². The summed E-state index contributed by atoms with van der Waals surface area (Å²) in [5, 5.41) is 8.10. The first kappa shape index (κ1) is 13.7. The van der Waals surface area contributed by atoms with Gasteiger partial charge in [0, 0.05) is 19.5 Å². The summed E-state index contributed by atoms with van der Waals surface area (Å²) in [6.07, 6.45) is 0.738. The highest BCUT2D eigenvalue weighted by Crippen LogP contribution is 2.15. The summed E-state index contributed by atoms with van der Waals surface area (Å²) in [6.45, 7) is 3.77. The molecule has 5 nitrogen and oxygen atoms in total. The average Bonchev–Trinajstić information content (AvgIpc) is 2.87. The van der Waals surface area contributed by atoms with Crippen LogP contribution in [0.3, 0.4) is 0 Å². The van der Waals surface area contributed by atoms with Crippen LogP contribution in [0.5, 0.6) is 0 Å². The number of carbonyl (C=O) groups is 1. The van der Waals surface area contributed by atoms with E-state index < -0.39 is 0 Å². The lowest BCUT2D eigenvalue weighted by molar-refractivity contribution is -0.132. The number of aromatic nitrogens is 3. The number of aryl methyl sites for hydroxylation is 2. The molecule has 21 heavy (non-hydrogen) atoms. The zero-order valence-corrected chi connectivity index (χ0v) is 11.9. The Bertz CT molecular complexity index is 667. The van der Waals surface area contributed by atoms with Crippen molar-refractivity contribution in [1.82, 2.24) is 19.7 Å². The second-order valence-corrected chi connectivity index (χ2v) is 5.22. The van der Waals surface area contributed by atoms with Crippen molar-refractivity contribution < 1.29 is 9.18 Å². The Balaban J connectivity index is 1.61. The summed E-state index contributed by atoms with van der Waals surface area (Å²) in [5.74, 6) is 1.48. The van der Waals surface area contributed by atoms with E-state index >= 15 is 0 Å². The monoisotopic (exact) mass is 288 g/mol. The maximum atomic E-state index is 13.5. The summed E-state index contributed by atoms with van der Waals surface area (Å²) in [6, 6.07) is 6.58. The minimum atomic E-state index is -0.251. The van der Waals surface area contributed by atoms with Gasteiger partial charge in [-0.05, 0) is 25.0 Å². The standard InChI is InChI=1S/C15H17FN4O/c1-11-17-18-14-10-19(8-9-20(11)14)15(21)7-6-12-4-2-3-5-13(12)16/h2-5H,6-10H2,1H3. The van der Waals surface area contributed by atoms with E-state index in [1.807, 2.05) is 11.5 Å². The minimum Gasteiger partial charge on any atom is -0.333 e. The molecule has 0 unspecified atom stereocenters. The number of rotatable bonds is 3. The zero-order valence-electron chi connectivity index (χ0n) is 11.9. The van der Waals surface area contributed by atoms with E-state index in [-0.39, 0.29) is 11.7 Å². The molecule has 3 rings (SSSR count). The molecule has 1 aromatic carbocycles. The summed E-state index contributed by atoms with van der Waals surface area (Å²) in [7, 11) is 0. The van der Waals surface area contributed by atoms with Gasteiger partial charge in [0.2, 0.25) is 5.91 Å². The molecule has 1 aliphatic rings. The van der Waals surface area contributed by atoms with Crippen LogP contribution < -0.4 is 0 Å². The van der Waals surface area contributed by atoms with Crippen LogP contribution in [-0.2, 0) is 24.3 Å². The number of hydrogen-bond donors (Lipinski definition) is 0. The van der Waals surface area contributed by atoms with Gasteiger partial charge in [-0.1, -0.05) is 18.2 Å². The fraction of sp³-hybridized carbons (Fsp3) is 0.400. The van der Waals surface area contributed by atoms with Crippen molar-refractivity contribution in [3.63, 3.8) is 0 Å². The molecule has 0 fully saturated rings. The van der Waals surface area contributed by atoms with Gasteiger partial charge in [0.25, 0.3) is 0 Å². The number of carbonyl (C=O) groups excluding carboxylic acids is 1. The topological polar surface area (TPSA) is 51.0 Å². The second kappa shape index (κ2) is 5.63. The van der Waals surface area contributed by atoms with Crippen LogP contribution in [0, 0.1) is 12.7 Å². The number of amides is 1. The third-order valence-electron chi connectivity index (χ3n) is 3.86. The lowest BCUT2D eigenvalue weighted by atomic mass is 10.1. The summed E-state index contributed by atoms with van der Waals surface area (Å²) in [5.41, 5.74) is 0.585. The molecule has 0 saturated heterocycles. The van der Waals surface area contributed by atoms with Crippen LogP contribution in [0.4, 0.5) is 4.39 Å². The summed E-state index contributed by atoms with van der Waals surface area (Å²) >= 11 is 0. The van der Waals surface area contributed by atoms with Crippen molar-refractivity contribution >= 4 is 5.91 Å². The van der Waals surface area contributed by atoms with Crippen LogP contribution in [0.2, 0.25) is 0 Å². The highest BCUT2D eigenvalue weighted by molar-refractivity contribution is 5.76. The molecule has 1 aromatic heterocycles. The fourth-order valence-corrected chi connectivity index (χ4v) is 2.62. The molecule has 110 valence electrons. The lowest BCUT2D eigenvalue weighted by Crippen LogP contribution is -2.38. The molecule has 0 spiro atoms. The van der Waals surface area contributed by atoms with Crippen molar-refractivity contribution in [2.75, 3.05) is 6.54 Å². The van der Waals surface area contributed by atoms with Gasteiger partial charge in [0.1, 0.15) is 11.6 Å². The fourth-order valence-electron chi connectivity index (χ4n) is 2.62. The Morgan fingerprint density at radius 2 is 2.10 bits per heavy atom. The molecular formula is C15H17FN4O. The third kappa shape index (κ3) is 2.79. The average molecular weight is 288 g/mol. The Morgan fingerprint density at radius 1 is 1.29 bits per heavy atom. The van der Waals surface area contributed by atoms with E-state index in [1.165, 1.54) is 6.07 Å². The van der Waals surface area contributed by atoms with Gasteiger partial charge in [0.05, 0.1) is 6.54 Å². The van der Waals surface area contributed by atoms with Gasteiger partial charge < -0.3 is 9.47 Å². The van der Waals surface area contributed by atoms with E-state index in [9.17, 15) is 9.18 Å². The lowest BCUT2D eigenvalue weighted by Gasteiger charge is -2.27. The molecule has 1 aliphatic heterocycles. The Hall–Kier alpha value is -2.24. The predicted molar refractivity (Wildman–Crippen MR) is 74.9 cm³/mol. The van der Waals surface area contributed by atoms with Gasteiger partial charge in [-0.3, -0.25) is 4.79 Å². The van der Waals surface area contributed by atoms with E-state index in [4.69, 9.17) is 0 Å². The molecule has 0 aliphatic carbocycles. The molecule has 6 heteroatoms. The largest absolute Gasteiger partial charge is 0.333 e. The van der Waals surface area contributed by atoms with Crippen LogP contribution >= 0.6 is 0 Å². The summed E-state index contributed by atoms with van der Waals surface area (Å²) in [4.78, 5) is 14.0. The van der Waals surface area contributed by atoms with Crippen molar-refractivity contribution in [2.24, 2.45) is 0 Å². The maximum absolute atomic E-state index is 13.5. The number of fused-ring (bicyclic) bond motifs is 1.